The van der Waals surface area contributed by atoms with E-state index in [0.717, 1.165) is 18.7 Å². The first-order valence-corrected chi connectivity index (χ1v) is 7.78. The molecule has 2 heterocycles. The van der Waals surface area contributed by atoms with Gasteiger partial charge in [0.15, 0.2) is 0 Å². The number of aromatic amines is 1. The molecule has 0 saturated heterocycles. The van der Waals surface area contributed by atoms with Gasteiger partial charge in [-0.05, 0) is 24.3 Å². The van der Waals surface area contributed by atoms with Gasteiger partial charge in [0.05, 0.1) is 6.54 Å². The van der Waals surface area contributed by atoms with Crippen LogP contribution in [0, 0.1) is 0 Å². The van der Waals surface area contributed by atoms with Crippen molar-refractivity contribution in [3.63, 3.8) is 0 Å². The highest BCUT2D eigenvalue weighted by molar-refractivity contribution is 7.09. The summed E-state index contributed by atoms with van der Waals surface area (Å²) in [6, 6.07) is 4.43. The molecule has 3 rings (SSSR count). The van der Waals surface area contributed by atoms with Crippen LogP contribution < -0.4 is 0 Å². The molecular weight excluding hydrogens is 272 g/mol. The highest BCUT2D eigenvalue weighted by atomic mass is 32.1. The average molecular weight is 290 g/mol. The molecule has 0 aliphatic heterocycles. The van der Waals surface area contributed by atoms with Crippen molar-refractivity contribution in [2.75, 3.05) is 0 Å². The molecule has 1 N–H and O–H groups in total. The van der Waals surface area contributed by atoms with Gasteiger partial charge in [-0.2, -0.15) is 0 Å². The summed E-state index contributed by atoms with van der Waals surface area (Å²) in [6.45, 7) is 4.71. The maximum atomic E-state index is 12.6. The van der Waals surface area contributed by atoms with Crippen LogP contribution in [0.15, 0.2) is 17.5 Å². The second-order valence-corrected chi connectivity index (χ2v) is 6.47. The molecule has 0 atom stereocenters. The minimum absolute atomic E-state index is 0.0657. The third-order valence-electron chi connectivity index (χ3n) is 3.40. The number of nitrogens with one attached hydrogen (secondary N) is 1. The molecule has 1 saturated carbocycles. The smallest absolute Gasteiger partial charge is 0.294 e. The lowest BCUT2D eigenvalue weighted by molar-refractivity contribution is 0.0719. The van der Waals surface area contributed by atoms with Gasteiger partial charge < -0.3 is 4.90 Å². The first-order valence-electron chi connectivity index (χ1n) is 6.91. The van der Waals surface area contributed by atoms with Crippen LogP contribution in [0.4, 0.5) is 0 Å². The Bertz CT molecular complexity index is 586. The van der Waals surface area contributed by atoms with Crippen LogP contribution in [-0.2, 0) is 6.54 Å². The summed E-state index contributed by atoms with van der Waals surface area (Å²) in [5.74, 6) is 1.23. The van der Waals surface area contributed by atoms with Gasteiger partial charge in [0.25, 0.3) is 5.91 Å². The Morgan fingerprint density at radius 2 is 2.35 bits per heavy atom. The summed E-state index contributed by atoms with van der Waals surface area (Å²) >= 11 is 1.68. The first kappa shape index (κ1) is 13.3. The van der Waals surface area contributed by atoms with Gasteiger partial charge in [-0.15, -0.1) is 16.4 Å². The van der Waals surface area contributed by atoms with E-state index < -0.39 is 0 Å². The van der Waals surface area contributed by atoms with E-state index in [-0.39, 0.29) is 17.6 Å². The second kappa shape index (κ2) is 5.36. The predicted octanol–water partition coefficient (Wildman–Crippen LogP) is 2.79. The number of carbonyl (C=O) groups excluding carboxylic acids is 1. The molecule has 20 heavy (non-hydrogen) atoms. The molecule has 0 aromatic carbocycles. The first-order chi connectivity index (χ1) is 9.65. The maximum absolute atomic E-state index is 12.6. The zero-order valence-corrected chi connectivity index (χ0v) is 12.5. The Kier molecular flexibility index (Phi) is 3.56. The predicted molar refractivity (Wildman–Crippen MR) is 77.7 cm³/mol. The van der Waals surface area contributed by atoms with Crippen LogP contribution in [0.2, 0.25) is 0 Å². The van der Waals surface area contributed by atoms with Crippen molar-refractivity contribution >= 4 is 17.2 Å². The molecule has 1 aliphatic rings. The quantitative estimate of drug-likeness (QED) is 0.921. The van der Waals surface area contributed by atoms with E-state index in [1.165, 1.54) is 4.88 Å². The summed E-state index contributed by atoms with van der Waals surface area (Å²) in [7, 11) is 0. The summed E-state index contributed by atoms with van der Waals surface area (Å²) in [5, 5.41) is 8.96. The topological polar surface area (TPSA) is 61.9 Å². The fourth-order valence-corrected chi connectivity index (χ4v) is 2.78. The molecule has 0 spiro atoms. The van der Waals surface area contributed by atoms with E-state index in [1.54, 1.807) is 11.3 Å². The molecule has 6 heteroatoms. The minimum Gasteiger partial charge on any atom is -0.328 e. The van der Waals surface area contributed by atoms with Crippen LogP contribution in [0.3, 0.4) is 0 Å². The van der Waals surface area contributed by atoms with Crippen LogP contribution in [0.5, 0.6) is 0 Å². The van der Waals surface area contributed by atoms with Crippen LogP contribution in [0.1, 0.15) is 53.9 Å². The molecule has 106 valence electrons. The molecule has 1 fully saturated rings. The lowest BCUT2D eigenvalue weighted by Crippen LogP contribution is -2.33. The van der Waals surface area contributed by atoms with E-state index in [2.05, 4.69) is 21.2 Å². The zero-order valence-electron chi connectivity index (χ0n) is 11.7. The lowest BCUT2D eigenvalue weighted by atomic mass is 10.2. The van der Waals surface area contributed by atoms with Crippen molar-refractivity contribution in [2.24, 2.45) is 0 Å². The van der Waals surface area contributed by atoms with E-state index in [1.807, 2.05) is 30.2 Å². The zero-order chi connectivity index (χ0) is 14.1. The van der Waals surface area contributed by atoms with Crippen molar-refractivity contribution < 1.29 is 4.79 Å². The minimum atomic E-state index is -0.0657. The van der Waals surface area contributed by atoms with Gasteiger partial charge in [-0.1, -0.05) is 19.9 Å². The van der Waals surface area contributed by atoms with Gasteiger partial charge in [0.1, 0.15) is 5.82 Å². The largest absolute Gasteiger partial charge is 0.328 e. The molecule has 1 aliphatic carbocycles. The monoisotopic (exact) mass is 290 g/mol. The number of carbonyl (C=O) groups is 1. The van der Waals surface area contributed by atoms with Gasteiger partial charge in [0, 0.05) is 16.8 Å². The number of nitrogens with zero attached hydrogens (tertiary/aromatic N) is 3. The Morgan fingerprint density at radius 3 is 2.90 bits per heavy atom. The summed E-state index contributed by atoms with van der Waals surface area (Å²) in [4.78, 5) is 20.0. The van der Waals surface area contributed by atoms with Crippen LogP contribution in [0.25, 0.3) is 0 Å². The fourth-order valence-electron chi connectivity index (χ4n) is 2.08. The molecular formula is C14H18N4OS. The van der Waals surface area contributed by atoms with Gasteiger partial charge in [-0.3, -0.25) is 9.89 Å². The normalized spacial score (nSPS) is 14.8. The Hall–Kier alpha value is -1.69. The molecule has 5 nitrogen and oxygen atoms in total. The summed E-state index contributed by atoms with van der Waals surface area (Å²) in [5.41, 5.74) is 0. The van der Waals surface area contributed by atoms with E-state index in [0.29, 0.717) is 12.6 Å². The number of aromatic nitrogens is 3. The fraction of sp³-hybridized carbons (Fsp3) is 0.500. The standard InChI is InChI=1S/C14H18N4OS/c1-9(2)12-15-13(17-16-12)14(19)18(10-5-6-10)8-11-4-3-7-20-11/h3-4,7,9-10H,5-6,8H2,1-2H3,(H,15,16,17). The van der Waals surface area contributed by atoms with Crippen molar-refractivity contribution in [2.45, 2.75) is 45.2 Å². The van der Waals surface area contributed by atoms with E-state index >= 15 is 0 Å². The van der Waals surface area contributed by atoms with Crippen molar-refractivity contribution in [3.05, 3.63) is 34.0 Å². The van der Waals surface area contributed by atoms with Crippen molar-refractivity contribution in [1.29, 1.82) is 0 Å². The van der Waals surface area contributed by atoms with E-state index in [9.17, 15) is 4.79 Å². The average Bonchev–Trinajstić information content (AvgIpc) is 2.95. The molecule has 0 radical (unpaired) electrons. The molecule has 1 amide bonds. The SMILES string of the molecule is CC(C)c1nc(C(=O)N(Cc2cccs2)C2CC2)n[nH]1. The third-order valence-corrected chi connectivity index (χ3v) is 4.26. The number of thiophene rings is 1. The van der Waals surface area contributed by atoms with Crippen LogP contribution >= 0.6 is 11.3 Å². The summed E-state index contributed by atoms with van der Waals surface area (Å²) < 4.78 is 0. The maximum Gasteiger partial charge on any atom is 0.294 e. The Balaban J connectivity index is 1.78. The summed E-state index contributed by atoms with van der Waals surface area (Å²) in [6.07, 6.45) is 2.16. The van der Waals surface area contributed by atoms with Gasteiger partial charge >= 0.3 is 0 Å². The highest BCUT2D eigenvalue weighted by Crippen LogP contribution is 2.30. The number of rotatable bonds is 5. The highest BCUT2D eigenvalue weighted by Gasteiger charge is 2.34. The van der Waals surface area contributed by atoms with E-state index in [4.69, 9.17) is 0 Å². The number of hydrogen-bond donors (Lipinski definition) is 1. The van der Waals surface area contributed by atoms with Crippen molar-refractivity contribution in [1.82, 2.24) is 20.1 Å². The number of H-pyrrole nitrogens is 1. The molecule has 2 aromatic heterocycles. The second-order valence-electron chi connectivity index (χ2n) is 5.44. The van der Waals surface area contributed by atoms with Crippen molar-refractivity contribution in [3.8, 4) is 0 Å². The molecule has 0 unspecified atom stereocenters. The molecule has 0 bridgehead atoms. The number of amides is 1. The third kappa shape index (κ3) is 2.75. The Labute approximate surface area is 122 Å². The lowest BCUT2D eigenvalue weighted by Gasteiger charge is -2.19. The van der Waals surface area contributed by atoms with Gasteiger partial charge in [0.2, 0.25) is 5.82 Å². The Morgan fingerprint density at radius 1 is 1.55 bits per heavy atom. The van der Waals surface area contributed by atoms with Crippen LogP contribution in [-0.4, -0.2) is 32.0 Å². The molecule has 2 aromatic rings. The number of hydrogen-bond acceptors (Lipinski definition) is 4. The van der Waals surface area contributed by atoms with Gasteiger partial charge in [-0.25, -0.2) is 4.98 Å².